The van der Waals surface area contributed by atoms with Gasteiger partial charge in [0, 0.05) is 6.08 Å². The average molecular weight is 287 g/mol. The second-order valence-electron chi connectivity index (χ2n) is 3.89. The number of aliphatic carboxylic acids is 1. The highest BCUT2D eigenvalue weighted by atomic mass is 19.1. The fraction of sp³-hybridized carbons (Fsp3) is 0.143. The summed E-state index contributed by atoms with van der Waals surface area (Å²) in [7, 11) is 0. The van der Waals surface area contributed by atoms with Gasteiger partial charge in [-0.3, -0.25) is 4.79 Å². The quantitative estimate of drug-likeness (QED) is 0.651. The van der Waals surface area contributed by atoms with Gasteiger partial charge >= 0.3 is 5.97 Å². The number of benzene rings is 1. The Morgan fingerprint density at radius 2 is 1.90 bits per heavy atom. The molecule has 0 aliphatic carbocycles. The zero-order valence-electron chi connectivity index (χ0n) is 10.8. The number of carbonyl (C=O) groups is 2. The van der Waals surface area contributed by atoms with Gasteiger partial charge in [0.2, 0.25) is 0 Å². The summed E-state index contributed by atoms with van der Waals surface area (Å²) < 4.78 is 13.7. The molecule has 0 unspecified atom stereocenters. The zero-order valence-corrected chi connectivity index (χ0v) is 10.8. The average Bonchev–Trinajstić information content (AvgIpc) is 2.45. The van der Waals surface area contributed by atoms with E-state index < -0.39 is 17.7 Å². The van der Waals surface area contributed by atoms with Gasteiger partial charge in [0.25, 0.3) is 5.91 Å². The molecular formula is C14H10FN3O3. The summed E-state index contributed by atoms with van der Waals surface area (Å²) in [5.41, 5.74) is -0.0101. The molecule has 0 radical (unpaired) electrons. The number of nitrogens with zero attached hydrogens (tertiary/aromatic N) is 3. The predicted molar refractivity (Wildman–Crippen MR) is 70.2 cm³/mol. The molecular weight excluding hydrogens is 277 g/mol. The smallest absolute Gasteiger partial charge is 0.328 e. The summed E-state index contributed by atoms with van der Waals surface area (Å²) in [6.07, 6.45) is 2.06. The number of rotatable bonds is 5. The van der Waals surface area contributed by atoms with Crippen LogP contribution in [0.5, 0.6) is 0 Å². The van der Waals surface area contributed by atoms with E-state index in [1.54, 1.807) is 12.1 Å². The first-order valence-corrected chi connectivity index (χ1v) is 5.73. The largest absolute Gasteiger partial charge is 0.478 e. The van der Waals surface area contributed by atoms with Crippen LogP contribution in [0.4, 0.5) is 4.39 Å². The van der Waals surface area contributed by atoms with Gasteiger partial charge in [0.15, 0.2) is 0 Å². The summed E-state index contributed by atoms with van der Waals surface area (Å²) >= 11 is 0. The number of hydrogen-bond acceptors (Lipinski definition) is 4. The lowest BCUT2D eigenvalue weighted by Crippen LogP contribution is -2.32. The van der Waals surface area contributed by atoms with E-state index in [-0.39, 0.29) is 18.7 Å². The van der Waals surface area contributed by atoms with Crippen LogP contribution in [-0.2, 0) is 4.79 Å². The molecule has 0 bridgehead atoms. The highest BCUT2D eigenvalue weighted by molar-refractivity contribution is 5.95. The van der Waals surface area contributed by atoms with Gasteiger partial charge in [-0.25, -0.2) is 9.18 Å². The standard InChI is InChI=1S/C14H10FN3O3/c15-12-3-1-10(2-4-13(19)20)9-11(12)14(21)18(7-5-16)8-6-17/h1-4,9H,7-8H2,(H,19,20). The Hall–Kier alpha value is -3.19. The molecule has 7 heteroatoms. The molecule has 0 spiro atoms. The van der Waals surface area contributed by atoms with Crippen LogP contribution in [0.25, 0.3) is 6.08 Å². The van der Waals surface area contributed by atoms with Crippen LogP contribution in [0, 0.1) is 28.5 Å². The molecule has 1 N–H and O–H groups in total. The summed E-state index contributed by atoms with van der Waals surface area (Å²) in [6.45, 7) is -0.692. The van der Waals surface area contributed by atoms with Crippen LogP contribution in [0.2, 0.25) is 0 Å². The number of halogens is 1. The van der Waals surface area contributed by atoms with Gasteiger partial charge in [-0.2, -0.15) is 10.5 Å². The number of carboxylic acids is 1. The minimum atomic E-state index is -1.18. The van der Waals surface area contributed by atoms with E-state index in [4.69, 9.17) is 15.6 Å². The van der Waals surface area contributed by atoms with Crippen LogP contribution in [0.15, 0.2) is 24.3 Å². The van der Waals surface area contributed by atoms with E-state index in [0.717, 1.165) is 17.0 Å². The fourth-order valence-corrected chi connectivity index (χ4v) is 1.52. The first-order valence-electron chi connectivity index (χ1n) is 5.73. The maximum absolute atomic E-state index is 13.7. The fourth-order valence-electron chi connectivity index (χ4n) is 1.52. The van der Waals surface area contributed by atoms with Crippen molar-refractivity contribution in [1.82, 2.24) is 4.90 Å². The van der Waals surface area contributed by atoms with E-state index >= 15 is 0 Å². The van der Waals surface area contributed by atoms with Crippen molar-refractivity contribution in [3.63, 3.8) is 0 Å². The Bertz CT molecular complexity index is 655. The minimum absolute atomic E-state index is 0.316. The lowest BCUT2D eigenvalue weighted by molar-refractivity contribution is -0.131. The number of carboxylic acid groups (broad SMARTS) is 1. The second kappa shape index (κ2) is 7.41. The molecule has 106 valence electrons. The van der Waals surface area contributed by atoms with Gasteiger partial charge in [-0.1, -0.05) is 6.07 Å². The van der Waals surface area contributed by atoms with Crippen LogP contribution in [-0.4, -0.2) is 35.0 Å². The topological polar surface area (TPSA) is 105 Å². The predicted octanol–water partition coefficient (Wildman–Crippen LogP) is 1.41. The Balaban J connectivity index is 3.13. The maximum Gasteiger partial charge on any atom is 0.328 e. The Labute approximate surface area is 119 Å². The van der Waals surface area contributed by atoms with Crippen molar-refractivity contribution >= 4 is 18.0 Å². The SMILES string of the molecule is N#CCN(CC#N)C(=O)c1cc(C=CC(=O)O)ccc1F. The van der Waals surface area contributed by atoms with Crippen molar-refractivity contribution < 1.29 is 19.1 Å². The monoisotopic (exact) mass is 287 g/mol. The van der Waals surface area contributed by atoms with Crippen molar-refractivity contribution in [3.8, 4) is 12.1 Å². The van der Waals surface area contributed by atoms with E-state index in [9.17, 15) is 14.0 Å². The molecule has 0 saturated heterocycles. The van der Waals surface area contributed by atoms with Gasteiger partial charge in [0.1, 0.15) is 18.9 Å². The second-order valence-corrected chi connectivity index (χ2v) is 3.89. The summed E-state index contributed by atoms with van der Waals surface area (Å²) in [6, 6.07) is 6.93. The first-order chi connectivity index (χ1) is 9.99. The Kier molecular flexibility index (Phi) is 5.60. The molecule has 1 aromatic rings. The lowest BCUT2D eigenvalue weighted by atomic mass is 10.1. The normalized spacial score (nSPS) is 9.86. The number of hydrogen-bond donors (Lipinski definition) is 1. The molecule has 1 aromatic carbocycles. The zero-order chi connectivity index (χ0) is 15.8. The molecule has 21 heavy (non-hydrogen) atoms. The molecule has 0 saturated carbocycles. The Morgan fingerprint density at radius 3 is 2.43 bits per heavy atom. The van der Waals surface area contributed by atoms with Crippen molar-refractivity contribution in [2.75, 3.05) is 13.1 Å². The van der Waals surface area contributed by atoms with Crippen LogP contribution in [0.3, 0.4) is 0 Å². The molecule has 0 aromatic heterocycles. The number of amides is 1. The van der Waals surface area contributed by atoms with Crippen molar-refractivity contribution in [2.45, 2.75) is 0 Å². The van der Waals surface area contributed by atoms with E-state index in [2.05, 4.69) is 0 Å². The first kappa shape index (κ1) is 15.9. The third-order valence-electron chi connectivity index (χ3n) is 2.45. The van der Waals surface area contributed by atoms with Crippen molar-refractivity contribution in [1.29, 1.82) is 10.5 Å². The lowest BCUT2D eigenvalue weighted by Gasteiger charge is -2.16. The van der Waals surface area contributed by atoms with Crippen LogP contribution >= 0.6 is 0 Å². The van der Waals surface area contributed by atoms with Crippen LogP contribution in [0.1, 0.15) is 15.9 Å². The molecule has 0 aliphatic heterocycles. The molecule has 0 aliphatic rings. The molecule has 6 nitrogen and oxygen atoms in total. The maximum atomic E-state index is 13.7. The number of carbonyl (C=O) groups excluding carboxylic acids is 1. The minimum Gasteiger partial charge on any atom is -0.478 e. The summed E-state index contributed by atoms with van der Waals surface area (Å²) in [4.78, 5) is 23.4. The molecule has 1 amide bonds. The highest BCUT2D eigenvalue weighted by Crippen LogP contribution is 2.14. The van der Waals surface area contributed by atoms with E-state index in [1.807, 2.05) is 0 Å². The van der Waals surface area contributed by atoms with Gasteiger partial charge in [-0.15, -0.1) is 0 Å². The third-order valence-corrected chi connectivity index (χ3v) is 2.45. The molecule has 0 heterocycles. The van der Waals surface area contributed by atoms with Crippen molar-refractivity contribution in [3.05, 3.63) is 41.2 Å². The van der Waals surface area contributed by atoms with Gasteiger partial charge in [-0.05, 0) is 23.8 Å². The van der Waals surface area contributed by atoms with Crippen LogP contribution < -0.4 is 0 Å². The molecule has 0 atom stereocenters. The molecule has 0 fully saturated rings. The van der Waals surface area contributed by atoms with E-state index in [0.29, 0.717) is 5.56 Å². The van der Waals surface area contributed by atoms with E-state index in [1.165, 1.54) is 18.2 Å². The van der Waals surface area contributed by atoms with Gasteiger partial charge < -0.3 is 10.0 Å². The third kappa shape index (κ3) is 4.44. The number of nitriles is 2. The molecule has 1 rings (SSSR count). The highest BCUT2D eigenvalue weighted by Gasteiger charge is 2.19. The summed E-state index contributed by atoms with van der Waals surface area (Å²) in [5, 5.41) is 25.7. The Morgan fingerprint density at radius 1 is 1.29 bits per heavy atom. The van der Waals surface area contributed by atoms with Gasteiger partial charge in [0.05, 0.1) is 17.7 Å². The van der Waals surface area contributed by atoms with Crippen molar-refractivity contribution in [2.24, 2.45) is 0 Å². The summed E-state index contributed by atoms with van der Waals surface area (Å²) in [5.74, 6) is -2.79.